The van der Waals surface area contributed by atoms with Gasteiger partial charge in [0.25, 0.3) is 6.20 Å². The molecule has 0 fully saturated rings. The highest BCUT2D eigenvalue weighted by molar-refractivity contribution is 5.93. The molecule has 42 heavy (non-hydrogen) atoms. The van der Waals surface area contributed by atoms with Crippen molar-refractivity contribution in [1.29, 1.82) is 0 Å². The van der Waals surface area contributed by atoms with E-state index in [1.807, 2.05) is 126 Å². The van der Waals surface area contributed by atoms with Crippen LogP contribution in [0.3, 0.4) is 0 Å². The van der Waals surface area contributed by atoms with Gasteiger partial charge in [0, 0.05) is 23.2 Å². The Morgan fingerprint density at radius 1 is 0.595 bits per heavy atom. The first-order valence-electron chi connectivity index (χ1n) is 13.8. The average molecular weight is 546 g/mol. The van der Waals surface area contributed by atoms with Crippen LogP contribution in [0.5, 0.6) is 23.0 Å². The van der Waals surface area contributed by atoms with Crippen molar-refractivity contribution in [3.63, 3.8) is 0 Å². The quantitative estimate of drug-likeness (QED) is 0.188. The fourth-order valence-electron chi connectivity index (χ4n) is 5.01. The Labute approximate surface area is 244 Å². The van der Waals surface area contributed by atoms with Gasteiger partial charge in [-0.1, -0.05) is 69.8 Å². The van der Waals surface area contributed by atoms with E-state index in [1.165, 1.54) is 0 Å². The summed E-state index contributed by atoms with van der Waals surface area (Å²) in [6, 6.07) is 45.8. The molecule has 0 saturated carbocycles. The predicted octanol–water partition coefficient (Wildman–Crippen LogP) is 9.10. The number of nitrogens with zero attached hydrogens (tertiary/aromatic N) is 3. The van der Waals surface area contributed by atoms with Crippen molar-refractivity contribution in [1.82, 2.24) is 4.98 Å². The van der Waals surface area contributed by atoms with Gasteiger partial charge in [0.15, 0.2) is 7.05 Å². The molecule has 1 aromatic heterocycles. The van der Waals surface area contributed by atoms with E-state index in [0.717, 1.165) is 61.8 Å². The lowest BCUT2D eigenvalue weighted by atomic mass is 9.99. The van der Waals surface area contributed by atoms with Crippen LogP contribution in [0.1, 0.15) is 0 Å². The lowest BCUT2D eigenvalue weighted by Crippen LogP contribution is -1.94. The van der Waals surface area contributed by atoms with Gasteiger partial charge in [-0.2, -0.15) is 0 Å². The molecule has 0 aliphatic carbocycles. The molecule has 2 heterocycles. The molecule has 0 atom stereocenters. The predicted molar refractivity (Wildman–Crippen MR) is 166 cm³/mol. The third-order valence-electron chi connectivity index (χ3n) is 7.05. The Kier molecular flexibility index (Phi) is 6.61. The number of hydrogen-bond acceptors (Lipinski definition) is 3. The van der Waals surface area contributed by atoms with Gasteiger partial charge >= 0.3 is 6.01 Å². The van der Waals surface area contributed by atoms with Crippen molar-refractivity contribution in [3.8, 4) is 45.4 Å². The van der Waals surface area contributed by atoms with Gasteiger partial charge < -0.3 is 9.47 Å². The molecular weight excluding hydrogens is 518 g/mol. The van der Waals surface area contributed by atoms with Crippen molar-refractivity contribution >= 4 is 22.5 Å². The monoisotopic (exact) mass is 545 g/mol. The molecule has 5 heteroatoms. The number of para-hydroxylation sites is 1. The number of fused-ring (bicyclic) bond motifs is 1. The first kappa shape index (κ1) is 25.2. The highest BCUT2D eigenvalue weighted by Crippen LogP contribution is 2.36. The molecule has 1 aliphatic heterocycles. The summed E-state index contributed by atoms with van der Waals surface area (Å²) in [5, 5.41) is 2.18. The van der Waals surface area contributed by atoms with Gasteiger partial charge in [0.2, 0.25) is 11.9 Å². The molecule has 0 radical (unpaired) electrons. The molecule has 5 aromatic carbocycles. The zero-order valence-electron chi connectivity index (χ0n) is 23.0. The smallest absolute Gasteiger partial charge is 0.457 e. The van der Waals surface area contributed by atoms with Gasteiger partial charge in [0.05, 0.1) is 11.8 Å². The first-order valence-corrected chi connectivity index (χ1v) is 13.8. The largest absolute Gasteiger partial charge is 0.495 e. The third-order valence-corrected chi connectivity index (χ3v) is 7.05. The molecule has 5 nitrogen and oxygen atoms in total. The number of ether oxygens (including phenoxy) is 2. The Bertz CT molecular complexity index is 2040. The Hall–Kier alpha value is -5.77. The molecule has 200 valence electrons. The maximum atomic E-state index is 6.34. The summed E-state index contributed by atoms with van der Waals surface area (Å²) in [5.41, 5.74) is 4.92. The van der Waals surface area contributed by atoms with E-state index in [4.69, 9.17) is 14.5 Å². The minimum absolute atomic E-state index is 0.739. The zero-order valence-corrected chi connectivity index (χ0v) is 23.0. The maximum Gasteiger partial charge on any atom is 0.495 e. The summed E-state index contributed by atoms with van der Waals surface area (Å²) in [6.45, 7) is 0. The molecule has 0 saturated heterocycles. The van der Waals surface area contributed by atoms with Crippen LogP contribution in [0.4, 0.5) is 5.69 Å². The van der Waals surface area contributed by atoms with Gasteiger partial charge in [-0.15, -0.1) is 0 Å². The van der Waals surface area contributed by atoms with E-state index in [2.05, 4.69) is 42.4 Å². The summed E-state index contributed by atoms with van der Waals surface area (Å²) in [6.07, 6.45) is 5.76. The van der Waals surface area contributed by atoms with E-state index in [0.29, 0.717) is 0 Å². The zero-order chi connectivity index (χ0) is 28.3. The topological polar surface area (TPSA) is 37.4 Å². The van der Waals surface area contributed by atoms with Crippen LogP contribution < -0.4 is 9.47 Å². The van der Waals surface area contributed by atoms with Gasteiger partial charge in [-0.3, -0.25) is 4.98 Å². The summed E-state index contributed by atoms with van der Waals surface area (Å²) in [7, 11) is 1.95. The fourth-order valence-corrected chi connectivity index (χ4v) is 5.01. The fraction of sp³-hybridized carbons (Fsp3) is 0.0270. The molecule has 0 unspecified atom stereocenters. The molecule has 0 N–H and O–H groups in total. The van der Waals surface area contributed by atoms with E-state index in [-0.39, 0.29) is 0 Å². The van der Waals surface area contributed by atoms with Crippen LogP contribution in [0.15, 0.2) is 146 Å². The van der Waals surface area contributed by atoms with E-state index >= 15 is 0 Å². The van der Waals surface area contributed by atoms with Gasteiger partial charge in [-0.25, -0.2) is 0 Å². The SMILES string of the molecule is C[N+]1=C=[N+](c2cccc(Oc3cccc(-c4cc(-c5cc(Oc6ccccc6)c6ccccc6c5)ccn4)c3)c2)C=C1. The van der Waals surface area contributed by atoms with Crippen molar-refractivity contribution in [2.24, 2.45) is 0 Å². The molecule has 6 aromatic rings. The molecule has 0 amide bonds. The molecule has 0 bridgehead atoms. The normalized spacial score (nSPS) is 12.2. The molecular formula is C37H27N3O2+2. The van der Waals surface area contributed by atoms with E-state index < -0.39 is 0 Å². The minimum atomic E-state index is 0.739. The lowest BCUT2D eigenvalue weighted by molar-refractivity contribution is -0.429. The summed E-state index contributed by atoms with van der Waals surface area (Å²) < 4.78 is 16.4. The number of benzene rings is 5. The number of aromatic nitrogens is 1. The van der Waals surface area contributed by atoms with Gasteiger partial charge in [0.1, 0.15) is 23.0 Å². The number of rotatable bonds is 7. The Morgan fingerprint density at radius 3 is 2.24 bits per heavy atom. The first-order chi connectivity index (χ1) is 20.7. The van der Waals surface area contributed by atoms with E-state index in [1.54, 1.807) is 0 Å². The lowest BCUT2D eigenvalue weighted by Gasteiger charge is -2.13. The standard InChI is InChI=1S/C37H27N3O2/c1-39-19-20-40(26-39)31-11-8-15-34(25-31)41-33-14-7-10-29(22-33)36-23-27(17-18-38-36)30-21-28-9-5-6-16-35(28)37(24-30)42-32-12-3-2-4-13-32/h2-25H,1H3/q+2. The number of hydrogen-bond donors (Lipinski definition) is 0. The molecule has 0 spiro atoms. The minimum Gasteiger partial charge on any atom is -0.457 e. The summed E-state index contributed by atoms with van der Waals surface area (Å²) in [4.78, 5) is 4.70. The van der Waals surface area contributed by atoms with Crippen molar-refractivity contribution in [2.45, 2.75) is 0 Å². The average Bonchev–Trinajstić information content (AvgIpc) is 3.48. The summed E-state index contributed by atoms with van der Waals surface area (Å²) in [5.74, 6) is 3.11. The highest BCUT2D eigenvalue weighted by atomic mass is 16.5. The van der Waals surface area contributed by atoms with Crippen molar-refractivity contribution in [2.75, 3.05) is 7.05 Å². The second-order valence-electron chi connectivity index (χ2n) is 10.0. The summed E-state index contributed by atoms with van der Waals surface area (Å²) >= 11 is 0. The van der Waals surface area contributed by atoms with Crippen LogP contribution in [0, 0.1) is 0 Å². The molecule has 1 aliphatic rings. The van der Waals surface area contributed by atoms with Crippen LogP contribution in [-0.2, 0) is 0 Å². The second-order valence-corrected chi connectivity index (χ2v) is 10.0. The van der Waals surface area contributed by atoms with Crippen LogP contribution in [-0.4, -0.2) is 27.2 Å². The Morgan fingerprint density at radius 2 is 1.38 bits per heavy atom. The Balaban J connectivity index is 1.20. The third kappa shape index (κ3) is 5.33. The maximum absolute atomic E-state index is 6.34. The van der Waals surface area contributed by atoms with Crippen molar-refractivity contribution in [3.05, 3.63) is 146 Å². The van der Waals surface area contributed by atoms with Crippen LogP contribution in [0.25, 0.3) is 33.2 Å². The second kappa shape index (κ2) is 11.0. The highest BCUT2D eigenvalue weighted by Gasteiger charge is 2.17. The van der Waals surface area contributed by atoms with Gasteiger partial charge in [-0.05, 0) is 71.1 Å². The van der Waals surface area contributed by atoms with Crippen molar-refractivity contribution < 1.29 is 18.6 Å². The van der Waals surface area contributed by atoms with E-state index in [9.17, 15) is 0 Å². The number of pyridine rings is 1. The molecule has 7 rings (SSSR count). The van der Waals surface area contributed by atoms with Crippen LogP contribution >= 0.6 is 0 Å². The van der Waals surface area contributed by atoms with Crippen LogP contribution in [0.2, 0.25) is 0 Å².